The van der Waals surface area contributed by atoms with Crippen LogP contribution < -0.4 is 5.01 Å². The molecule has 0 saturated carbocycles. The summed E-state index contributed by atoms with van der Waals surface area (Å²) in [5.41, 5.74) is 7.33. The zero-order valence-corrected chi connectivity index (χ0v) is 18.6. The first-order chi connectivity index (χ1) is 16.9. The molecule has 5 nitrogen and oxygen atoms in total. The van der Waals surface area contributed by atoms with Crippen molar-refractivity contribution in [2.75, 3.05) is 5.01 Å². The molecule has 0 aliphatic carbocycles. The van der Waals surface area contributed by atoms with Crippen molar-refractivity contribution in [2.45, 2.75) is 12.5 Å². The summed E-state index contributed by atoms with van der Waals surface area (Å²) in [7, 11) is 0. The summed E-state index contributed by atoms with van der Waals surface area (Å²) in [5, 5.41) is 12.3. The topological polar surface area (TPSA) is 46.3 Å². The van der Waals surface area contributed by atoms with E-state index in [2.05, 4.69) is 82.9 Å². The molecular formula is C29H23N5. The molecule has 34 heavy (non-hydrogen) atoms. The smallest absolute Gasteiger partial charge is 0.0996 e. The lowest BCUT2D eigenvalue weighted by atomic mass is 9.96. The van der Waals surface area contributed by atoms with Gasteiger partial charge in [0.25, 0.3) is 0 Å². The quantitative estimate of drug-likeness (QED) is 0.322. The van der Waals surface area contributed by atoms with Gasteiger partial charge in [0.05, 0.1) is 28.8 Å². The fourth-order valence-electron chi connectivity index (χ4n) is 4.45. The van der Waals surface area contributed by atoms with Crippen molar-refractivity contribution in [3.8, 4) is 16.9 Å². The van der Waals surface area contributed by atoms with Crippen LogP contribution in [0.15, 0.2) is 127 Å². The maximum absolute atomic E-state index is 5.10. The first-order valence-electron chi connectivity index (χ1n) is 11.4. The molecule has 3 heterocycles. The second-order valence-corrected chi connectivity index (χ2v) is 8.27. The summed E-state index contributed by atoms with van der Waals surface area (Å²) in [6.45, 7) is 0. The number of aromatic nitrogens is 3. The highest BCUT2D eigenvalue weighted by Crippen LogP contribution is 2.40. The summed E-state index contributed by atoms with van der Waals surface area (Å²) in [4.78, 5) is 4.36. The molecule has 0 unspecified atom stereocenters. The summed E-state index contributed by atoms with van der Waals surface area (Å²) in [5.74, 6) is 0. The van der Waals surface area contributed by atoms with E-state index in [9.17, 15) is 0 Å². The van der Waals surface area contributed by atoms with Crippen molar-refractivity contribution in [1.29, 1.82) is 0 Å². The molecule has 0 fully saturated rings. The van der Waals surface area contributed by atoms with Crippen molar-refractivity contribution in [3.63, 3.8) is 0 Å². The number of nitrogens with zero attached hydrogens (tertiary/aromatic N) is 5. The summed E-state index contributed by atoms with van der Waals surface area (Å²) in [6.07, 6.45) is 6.59. The van der Waals surface area contributed by atoms with Gasteiger partial charge in [-0.2, -0.15) is 10.2 Å². The SMILES string of the molecule is c1ccc(C2=NN(c3ccccc3)[C@@H](c3cn(-c4ccccc4)nc3-c3cccnc3)C2)cc1. The predicted octanol–water partition coefficient (Wildman–Crippen LogP) is 6.29. The normalized spacial score (nSPS) is 15.4. The molecule has 6 rings (SSSR count). The van der Waals surface area contributed by atoms with Crippen LogP contribution in [0.4, 0.5) is 5.69 Å². The molecule has 0 radical (unpaired) electrons. The Morgan fingerprint density at radius 2 is 1.32 bits per heavy atom. The first-order valence-corrected chi connectivity index (χ1v) is 11.4. The monoisotopic (exact) mass is 441 g/mol. The number of anilines is 1. The number of pyridine rings is 1. The van der Waals surface area contributed by atoms with Crippen LogP contribution in [-0.4, -0.2) is 20.5 Å². The molecule has 1 aliphatic rings. The molecule has 0 saturated heterocycles. The van der Waals surface area contributed by atoms with E-state index in [0.29, 0.717) is 0 Å². The van der Waals surface area contributed by atoms with Crippen LogP contribution in [-0.2, 0) is 0 Å². The molecule has 0 amide bonds. The van der Waals surface area contributed by atoms with E-state index in [4.69, 9.17) is 10.2 Å². The lowest BCUT2D eigenvalue weighted by molar-refractivity contribution is 0.709. The molecule has 0 N–H and O–H groups in total. The van der Waals surface area contributed by atoms with Gasteiger partial charge in [-0.25, -0.2) is 4.68 Å². The van der Waals surface area contributed by atoms with Crippen LogP contribution in [0.2, 0.25) is 0 Å². The summed E-state index contributed by atoms with van der Waals surface area (Å²) in [6, 6.07) is 35.0. The summed E-state index contributed by atoms with van der Waals surface area (Å²) < 4.78 is 1.96. The van der Waals surface area contributed by atoms with E-state index in [0.717, 1.165) is 45.9 Å². The third-order valence-electron chi connectivity index (χ3n) is 6.10. The number of hydrogen-bond donors (Lipinski definition) is 0. The van der Waals surface area contributed by atoms with Crippen molar-refractivity contribution < 1.29 is 0 Å². The zero-order valence-electron chi connectivity index (χ0n) is 18.6. The van der Waals surface area contributed by atoms with Gasteiger partial charge in [-0.05, 0) is 42.0 Å². The van der Waals surface area contributed by atoms with Crippen molar-refractivity contribution in [3.05, 3.63) is 133 Å². The van der Waals surface area contributed by atoms with Gasteiger partial charge in [0, 0.05) is 36.1 Å². The number of hydrazone groups is 1. The lowest BCUT2D eigenvalue weighted by Gasteiger charge is -2.23. The second-order valence-electron chi connectivity index (χ2n) is 8.27. The van der Waals surface area contributed by atoms with E-state index >= 15 is 0 Å². The van der Waals surface area contributed by atoms with Gasteiger partial charge >= 0.3 is 0 Å². The molecular weight excluding hydrogens is 418 g/mol. The minimum absolute atomic E-state index is 0.00488. The van der Waals surface area contributed by atoms with Crippen LogP contribution in [0.3, 0.4) is 0 Å². The Labute approximate surface area is 198 Å². The highest BCUT2D eigenvalue weighted by atomic mass is 15.5. The number of rotatable bonds is 5. The Balaban J connectivity index is 1.50. The minimum Gasteiger partial charge on any atom is -0.264 e. The number of hydrogen-bond acceptors (Lipinski definition) is 4. The van der Waals surface area contributed by atoms with E-state index in [1.807, 2.05) is 47.3 Å². The molecule has 0 spiro atoms. The molecule has 1 atom stereocenters. The van der Waals surface area contributed by atoms with Crippen LogP contribution in [0, 0.1) is 0 Å². The molecule has 0 bridgehead atoms. The molecule has 164 valence electrons. The maximum atomic E-state index is 5.10. The fourth-order valence-corrected chi connectivity index (χ4v) is 4.45. The fraction of sp³-hybridized carbons (Fsp3) is 0.0690. The van der Waals surface area contributed by atoms with Gasteiger partial charge in [-0.3, -0.25) is 9.99 Å². The Morgan fingerprint density at radius 3 is 2.00 bits per heavy atom. The number of benzene rings is 3. The predicted molar refractivity (Wildman–Crippen MR) is 136 cm³/mol. The molecule has 3 aromatic carbocycles. The Hall–Kier alpha value is -4.51. The van der Waals surface area contributed by atoms with Crippen LogP contribution >= 0.6 is 0 Å². The molecule has 1 aliphatic heterocycles. The number of para-hydroxylation sites is 2. The second kappa shape index (κ2) is 8.79. The first kappa shape index (κ1) is 20.1. The van der Waals surface area contributed by atoms with Gasteiger partial charge in [-0.1, -0.05) is 66.7 Å². The summed E-state index contributed by atoms with van der Waals surface area (Å²) >= 11 is 0. The average Bonchev–Trinajstić information content (AvgIpc) is 3.56. The highest BCUT2D eigenvalue weighted by molar-refractivity contribution is 6.03. The van der Waals surface area contributed by atoms with Crippen molar-refractivity contribution >= 4 is 11.4 Å². The van der Waals surface area contributed by atoms with E-state index < -0.39 is 0 Å². The third-order valence-corrected chi connectivity index (χ3v) is 6.10. The van der Waals surface area contributed by atoms with Crippen molar-refractivity contribution in [2.24, 2.45) is 5.10 Å². The van der Waals surface area contributed by atoms with E-state index in [-0.39, 0.29) is 6.04 Å². The van der Waals surface area contributed by atoms with E-state index in [1.165, 1.54) is 0 Å². The van der Waals surface area contributed by atoms with Gasteiger partial charge in [0.2, 0.25) is 0 Å². The van der Waals surface area contributed by atoms with Crippen LogP contribution in [0.5, 0.6) is 0 Å². The van der Waals surface area contributed by atoms with Gasteiger partial charge in [0.1, 0.15) is 0 Å². The van der Waals surface area contributed by atoms with Crippen molar-refractivity contribution in [1.82, 2.24) is 14.8 Å². The van der Waals surface area contributed by atoms with Gasteiger partial charge in [0.15, 0.2) is 0 Å². The Kier molecular flexibility index (Phi) is 5.20. The Morgan fingerprint density at radius 1 is 0.676 bits per heavy atom. The highest BCUT2D eigenvalue weighted by Gasteiger charge is 2.33. The standard InChI is InChI=1S/C29H23N5/c1-4-11-22(12-5-1)27-19-28(34(31-27)25-16-8-3-9-17-25)26-21-33(24-14-6-2-7-15-24)32-29(26)23-13-10-18-30-20-23/h1-18,20-21,28H,19H2/t28-/m1/s1. The van der Waals surface area contributed by atoms with Crippen LogP contribution in [0.1, 0.15) is 23.6 Å². The lowest BCUT2D eigenvalue weighted by Crippen LogP contribution is -2.18. The molecule has 5 aromatic rings. The zero-order chi connectivity index (χ0) is 22.7. The average molecular weight is 442 g/mol. The maximum Gasteiger partial charge on any atom is 0.0996 e. The van der Waals surface area contributed by atoms with Gasteiger partial charge in [-0.15, -0.1) is 0 Å². The molecule has 5 heteroatoms. The third kappa shape index (κ3) is 3.77. The van der Waals surface area contributed by atoms with Crippen LogP contribution in [0.25, 0.3) is 16.9 Å². The molecule has 2 aromatic heterocycles. The largest absolute Gasteiger partial charge is 0.264 e. The van der Waals surface area contributed by atoms with E-state index in [1.54, 1.807) is 6.20 Å². The van der Waals surface area contributed by atoms with Gasteiger partial charge < -0.3 is 0 Å². The minimum atomic E-state index is 0.00488. The Bertz CT molecular complexity index is 1410.